The summed E-state index contributed by atoms with van der Waals surface area (Å²) in [5.41, 5.74) is 3.80. The van der Waals surface area contributed by atoms with Gasteiger partial charge < -0.3 is 34.2 Å². The van der Waals surface area contributed by atoms with E-state index in [1.165, 1.54) is 18.1 Å². The molecule has 5 heterocycles. The number of nitrogens with zero attached hydrogens (tertiary/aromatic N) is 3. The van der Waals surface area contributed by atoms with Crippen LogP contribution in [0.25, 0.3) is 11.1 Å². The minimum atomic E-state index is -0.595. The molecule has 1 amide bonds. The molecule has 5 aliphatic heterocycles. The Labute approximate surface area is 282 Å². The predicted octanol–water partition coefficient (Wildman–Crippen LogP) is 5.75. The lowest BCUT2D eigenvalue weighted by molar-refractivity contribution is 0.0515. The molecule has 5 aliphatic rings. The molecule has 47 heavy (non-hydrogen) atoms. The van der Waals surface area contributed by atoms with Crippen LogP contribution in [0, 0.1) is 11.2 Å². The largest absolute Gasteiger partial charge is 0.472 e. The third-order valence-corrected chi connectivity index (χ3v) is 11.0. The third-order valence-electron chi connectivity index (χ3n) is 10.4. The number of morpholine rings is 1. The third kappa shape index (κ3) is 5.21. The van der Waals surface area contributed by atoms with E-state index in [4.69, 9.17) is 37.4 Å². The van der Waals surface area contributed by atoms with Crippen molar-refractivity contribution in [3.8, 4) is 16.9 Å². The molecule has 0 saturated carbocycles. The second-order valence-electron chi connectivity index (χ2n) is 13.3. The Morgan fingerprint density at radius 1 is 1.04 bits per heavy atom. The summed E-state index contributed by atoms with van der Waals surface area (Å²) >= 11 is 13.4. The minimum Gasteiger partial charge on any atom is -0.472 e. The number of anilines is 2. The van der Waals surface area contributed by atoms with E-state index >= 15 is 4.39 Å². The number of carbonyl (C=O) groups is 2. The van der Waals surface area contributed by atoms with Gasteiger partial charge in [0.1, 0.15) is 11.6 Å². The summed E-state index contributed by atoms with van der Waals surface area (Å²) in [6, 6.07) is 12.2. The van der Waals surface area contributed by atoms with Gasteiger partial charge in [-0.15, -0.1) is 0 Å². The number of fused-ring (bicyclic) bond motifs is 3. The number of methoxy groups -OCH3 is 1. The van der Waals surface area contributed by atoms with Gasteiger partial charge in [0.25, 0.3) is 5.91 Å². The van der Waals surface area contributed by atoms with E-state index in [1.54, 1.807) is 12.1 Å². The topological polar surface area (TPSA) is 83.6 Å². The first kappa shape index (κ1) is 30.7. The van der Waals surface area contributed by atoms with Crippen LogP contribution in [0.15, 0.2) is 42.5 Å². The van der Waals surface area contributed by atoms with Crippen LogP contribution >= 0.6 is 23.2 Å². The lowest BCUT2D eigenvalue weighted by atomic mass is 9.79. The van der Waals surface area contributed by atoms with Gasteiger partial charge in [0.05, 0.1) is 65.8 Å². The molecule has 8 rings (SSSR count). The van der Waals surface area contributed by atoms with Gasteiger partial charge in [-0.3, -0.25) is 4.79 Å². The van der Waals surface area contributed by atoms with Crippen LogP contribution in [0.2, 0.25) is 10.0 Å². The highest BCUT2D eigenvalue weighted by atomic mass is 35.5. The van der Waals surface area contributed by atoms with Crippen LogP contribution in [0.4, 0.5) is 15.8 Å². The summed E-state index contributed by atoms with van der Waals surface area (Å²) in [6.45, 7) is 5.16. The maximum absolute atomic E-state index is 15.9. The average molecular weight is 682 g/mol. The SMILES string of the molecule is COC(=O)c1cc(F)c(-c2cccc3c2OCN(C(=O)c2c(Cl)cc(N4CC5(CCNC5)C4)cc2Cl)C3)cc1N1C2CCC1COC2. The number of hydrogen-bond donors (Lipinski definition) is 1. The highest BCUT2D eigenvalue weighted by Crippen LogP contribution is 2.45. The van der Waals surface area contributed by atoms with Crippen LogP contribution in [0.1, 0.15) is 45.5 Å². The summed E-state index contributed by atoms with van der Waals surface area (Å²) in [6.07, 6.45) is 3.01. The quantitative estimate of drug-likeness (QED) is 0.342. The molecule has 12 heteroatoms. The molecule has 4 fully saturated rings. The van der Waals surface area contributed by atoms with Gasteiger partial charge in [0.2, 0.25) is 0 Å². The fourth-order valence-electron chi connectivity index (χ4n) is 8.01. The monoisotopic (exact) mass is 680 g/mol. The summed E-state index contributed by atoms with van der Waals surface area (Å²) < 4.78 is 32.9. The number of para-hydroxylation sites is 1. The average Bonchev–Trinajstić information content (AvgIpc) is 3.64. The zero-order valence-electron chi connectivity index (χ0n) is 26.0. The molecular weight excluding hydrogens is 646 g/mol. The number of carbonyl (C=O) groups excluding carboxylic acids is 2. The van der Waals surface area contributed by atoms with Crippen molar-refractivity contribution < 1.29 is 28.2 Å². The number of amides is 1. The molecule has 246 valence electrons. The molecule has 2 unspecified atom stereocenters. The van der Waals surface area contributed by atoms with Gasteiger partial charge in [-0.2, -0.15) is 0 Å². The molecule has 3 aromatic carbocycles. The Morgan fingerprint density at radius 3 is 2.47 bits per heavy atom. The molecule has 0 radical (unpaired) electrons. The van der Waals surface area contributed by atoms with Crippen molar-refractivity contribution in [2.24, 2.45) is 5.41 Å². The first-order valence-electron chi connectivity index (χ1n) is 16.0. The maximum Gasteiger partial charge on any atom is 0.340 e. The highest BCUT2D eigenvalue weighted by Gasteiger charge is 2.45. The Bertz CT molecular complexity index is 1740. The zero-order chi connectivity index (χ0) is 32.4. The number of esters is 1. The molecule has 1 N–H and O–H groups in total. The van der Waals surface area contributed by atoms with Crippen molar-refractivity contribution in [2.45, 2.75) is 37.9 Å². The second kappa shape index (κ2) is 11.8. The van der Waals surface area contributed by atoms with Gasteiger partial charge in [-0.05, 0) is 50.1 Å². The number of halogens is 3. The maximum atomic E-state index is 15.9. The summed E-state index contributed by atoms with van der Waals surface area (Å²) in [5, 5.41) is 4.02. The van der Waals surface area contributed by atoms with Crippen molar-refractivity contribution in [1.82, 2.24) is 10.2 Å². The molecule has 0 aliphatic carbocycles. The van der Waals surface area contributed by atoms with E-state index in [0.29, 0.717) is 56.8 Å². The molecular formula is C35H35Cl2FN4O5. The van der Waals surface area contributed by atoms with E-state index in [1.807, 2.05) is 24.3 Å². The number of benzene rings is 3. The molecule has 2 atom stereocenters. The smallest absolute Gasteiger partial charge is 0.340 e. The van der Waals surface area contributed by atoms with Gasteiger partial charge in [0, 0.05) is 47.4 Å². The van der Waals surface area contributed by atoms with Gasteiger partial charge in [-0.1, -0.05) is 41.4 Å². The molecule has 4 saturated heterocycles. The Kier molecular flexibility index (Phi) is 7.74. The normalized spacial score (nSPS) is 22.6. The fourth-order valence-corrected chi connectivity index (χ4v) is 8.65. The van der Waals surface area contributed by atoms with Gasteiger partial charge in [0.15, 0.2) is 6.73 Å². The number of rotatable bonds is 5. The lowest BCUT2D eigenvalue weighted by Crippen LogP contribution is -2.57. The van der Waals surface area contributed by atoms with E-state index in [2.05, 4.69) is 15.1 Å². The van der Waals surface area contributed by atoms with Gasteiger partial charge >= 0.3 is 5.97 Å². The second-order valence-corrected chi connectivity index (χ2v) is 14.1. The molecule has 0 aromatic heterocycles. The molecule has 2 bridgehead atoms. The van der Waals surface area contributed by atoms with Crippen molar-refractivity contribution in [1.29, 1.82) is 0 Å². The summed E-state index contributed by atoms with van der Waals surface area (Å²) in [5.74, 6) is -1.03. The molecule has 9 nitrogen and oxygen atoms in total. The minimum absolute atomic E-state index is 0.0682. The summed E-state index contributed by atoms with van der Waals surface area (Å²) in [7, 11) is 1.30. The van der Waals surface area contributed by atoms with Crippen LogP contribution in [-0.2, 0) is 16.0 Å². The van der Waals surface area contributed by atoms with E-state index in [-0.39, 0.29) is 42.4 Å². The van der Waals surface area contributed by atoms with Gasteiger partial charge in [-0.25, -0.2) is 9.18 Å². The Morgan fingerprint density at radius 2 is 1.79 bits per heavy atom. The lowest BCUT2D eigenvalue weighted by Gasteiger charge is -2.49. The summed E-state index contributed by atoms with van der Waals surface area (Å²) in [4.78, 5) is 32.5. The van der Waals surface area contributed by atoms with Crippen LogP contribution in [0.5, 0.6) is 5.75 Å². The van der Waals surface area contributed by atoms with Crippen molar-refractivity contribution in [3.05, 3.63) is 75.0 Å². The highest BCUT2D eigenvalue weighted by molar-refractivity contribution is 6.40. The first-order chi connectivity index (χ1) is 22.7. The van der Waals surface area contributed by atoms with Crippen molar-refractivity contribution in [3.63, 3.8) is 0 Å². The number of nitrogens with one attached hydrogen (secondary N) is 1. The number of hydrogen-bond acceptors (Lipinski definition) is 8. The van der Waals surface area contributed by atoms with Crippen LogP contribution in [-0.4, -0.2) is 82.1 Å². The van der Waals surface area contributed by atoms with Crippen LogP contribution < -0.4 is 19.9 Å². The first-order valence-corrected chi connectivity index (χ1v) is 16.8. The predicted molar refractivity (Wildman–Crippen MR) is 177 cm³/mol. The van der Waals surface area contributed by atoms with E-state index in [0.717, 1.165) is 51.1 Å². The van der Waals surface area contributed by atoms with E-state index < -0.39 is 11.8 Å². The zero-order valence-corrected chi connectivity index (χ0v) is 27.5. The standard InChI is InChI=1S/C35H35Cl2FN4O5/c1-45-34(44)26-11-29(38)25(12-30(26)42-21-5-6-22(42)15-46-14-21)24-4-2-3-20-13-40(19-47-32(20)24)33(43)31-27(36)9-23(10-28(31)37)41-17-35(18-41)7-8-39-16-35/h2-4,9-12,21-22,39H,5-8,13-19H2,1H3. The Balaban J connectivity index is 1.07. The fraction of sp³-hybridized carbons (Fsp3) is 0.429. The van der Waals surface area contributed by atoms with Crippen molar-refractivity contribution in [2.75, 3.05) is 63.0 Å². The van der Waals surface area contributed by atoms with E-state index in [9.17, 15) is 9.59 Å². The molecule has 3 aromatic rings. The Hall–Kier alpha value is -3.57. The van der Waals surface area contributed by atoms with Crippen LogP contribution in [0.3, 0.4) is 0 Å². The van der Waals surface area contributed by atoms with Crippen molar-refractivity contribution >= 4 is 46.5 Å². The molecule has 1 spiro atoms. The number of ether oxygens (including phenoxy) is 3.